The van der Waals surface area contributed by atoms with Crippen molar-refractivity contribution in [2.75, 3.05) is 27.4 Å². The lowest BCUT2D eigenvalue weighted by Gasteiger charge is -2.44. The molecule has 0 unspecified atom stereocenters. The summed E-state index contributed by atoms with van der Waals surface area (Å²) in [4.78, 5) is 42.4. The van der Waals surface area contributed by atoms with E-state index in [4.69, 9.17) is 37.6 Å². The first-order valence-corrected chi connectivity index (χ1v) is 38.9. The summed E-state index contributed by atoms with van der Waals surface area (Å²) >= 11 is 1.44. The molecular formula is C75H121NO12SSi. The molecule has 15 heteroatoms. The van der Waals surface area contributed by atoms with Crippen LogP contribution in [0.3, 0.4) is 0 Å². The van der Waals surface area contributed by atoms with Gasteiger partial charge in [0.05, 0.1) is 40.1 Å². The van der Waals surface area contributed by atoms with Crippen molar-refractivity contribution in [3.8, 4) is 11.5 Å². The lowest BCUT2D eigenvalue weighted by atomic mass is 9.99. The maximum Gasteiger partial charge on any atom is 0.306 e. The first-order chi connectivity index (χ1) is 43.6. The molecule has 7 atom stereocenters. The molecule has 0 bridgehead atoms. The van der Waals surface area contributed by atoms with Gasteiger partial charge in [-0.05, 0) is 97.4 Å². The SMILES string of the molecule is CCCCCCCCCCCCC/C=C/[C@@H](OC(=O)CCCC(=O)OC[C@H]1O[C@@H](Sc2ccccc2)[C@H](OCc2ccc(OC)cc2)[C@@H](OCc2ccc(OC)cc2)[C@@H]1O)[C@H](CO[Si](C)(C)C(C)(C)C)NC(=O)CCCCCCCCCCCCCCCCC. The van der Waals surface area contributed by atoms with E-state index in [2.05, 4.69) is 59.1 Å². The van der Waals surface area contributed by atoms with E-state index in [1.54, 1.807) is 14.2 Å². The van der Waals surface area contributed by atoms with Gasteiger partial charge in [-0.3, -0.25) is 14.4 Å². The van der Waals surface area contributed by atoms with E-state index in [-0.39, 0.29) is 56.6 Å². The molecule has 508 valence electrons. The molecule has 0 saturated carbocycles. The maximum atomic E-state index is 14.0. The van der Waals surface area contributed by atoms with Crippen molar-refractivity contribution in [3.63, 3.8) is 0 Å². The Bertz CT molecular complexity index is 2350. The van der Waals surface area contributed by atoms with Crippen LogP contribution in [0.15, 0.2) is 95.9 Å². The Morgan fingerprint density at radius 1 is 0.600 bits per heavy atom. The van der Waals surface area contributed by atoms with E-state index >= 15 is 0 Å². The van der Waals surface area contributed by atoms with Gasteiger partial charge in [0.2, 0.25) is 5.91 Å². The number of aliphatic hydroxyl groups is 1. The molecule has 1 saturated heterocycles. The first-order valence-electron chi connectivity index (χ1n) is 35.1. The number of aliphatic hydroxyl groups excluding tert-OH is 1. The van der Waals surface area contributed by atoms with Crippen molar-refractivity contribution >= 4 is 37.9 Å². The number of nitrogens with one attached hydrogen (secondary N) is 1. The van der Waals surface area contributed by atoms with E-state index in [1.807, 2.05) is 84.9 Å². The van der Waals surface area contributed by atoms with Crippen LogP contribution >= 0.6 is 11.8 Å². The third-order valence-corrected chi connectivity index (χ3v) is 23.4. The van der Waals surface area contributed by atoms with Crippen molar-refractivity contribution < 1.29 is 57.1 Å². The summed E-state index contributed by atoms with van der Waals surface area (Å²) < 4.78 is 49.5. The highest BCUT2D eigenvalue weighted by Gasteiger charge is 2.48. The summed E-state index contributed by atoms with van der Waals surface area (Å²) in [5.74, 6) is 0.337. The molecule has 90 heavy (non-hydrogen) atoms. The standard InChI is InChI=1S/C75H121NO12SSi/c1-10-12-14-16-18-20-22-24-25-27-29-31-33-35-40-45-68(77)76-65(58-86-90(8,9)75(3,4)5)66(44-39-34-32-30-28-26-23-21-19-17-15-13-11-2)87-70(79)47-41-46-69(78)83-59-67-71(80)72(84-56-60-48-52-62(81-6)53-49-60)73(74(88-67)89-64-42-37-36-38-43-64)85-57-61-50-54-63(82-7)55-51-61/h36-39,42-44,48-55,65-67,71-74,80H,10-35,40-41,45-47,56-59H2,1-9H3,(H,76,77)/b44-39+/t65-,66+,67+,71+,72-,73+,74-/m0/s1. The van der Waals surface area contributed by atoms with Crippen LogP contribution in [-0.2, 0) is 55.7 Å². The Balaban J connectivity index is 1.40. The Morgan fingerprint density at radius 2 is 1.07 bits per heavy atom. The second kappa shape index (κ2) is 46.8. The fourth-order valence-corrected chi connectivity index (χ4v) is 13.0. The molecule has 4 rings (SSSR count). The van der Waals surface area contributed by atoms with E-state index in [1.165, 1.54) is 147 Å². The number of esters is 2. The number of benzene rings is 3. The fraction of sp³-hybridized carbons (Fsp3) is 0.693. The lowest BCUT2D eigenvalue weighted by molar-refractivity contribution is -0.239. The highest BCUT2D eigenvalue weighted by Crippen LogP contribution is 2.39. The second-order valence-electron chi connectivity index (χ2n) is 26.4. The second-order valence-corrected chi connectivity index (χ2v) is 32.4. The van der Waals surface area contributed by atoms with E-state index < -0.39 is 62.3 Å². The van der Waals surface area contributed by atoms with Crippen molar-refractivity contribution in [2.24, 2.45) is 0 Å². The quantitative estimate of drug-likeness (QED) is 0.0238. The number of thioether (sulfide) groups is 1. The zero-order valence-electron chi connectivity index (χ0n) is 57.3. The molecule has 1 heterocycles. The zero-order valence-corrected chi connectivity index (χ0v) is 59.1. The zero-order chi connectivity index (χ0) is 65.1. The van der Waals surface area contributed by atoms with E-state index in [0.29, 0.717) is 12.2 Å². The Hall–Kier alpha value is -4.22. The van der Waals surface area contributed by atoms with Crippen LogP contribution in [0.5, 0.6) is 11.5 Å². The fourth-order valence-electron chi connectivity index (χ4n) is 10.9. The molecule has 0 spiro atoms. The summed E-state index contributed by atoms with van der Waals surface area (Å²) in [6.45, 7) is 15.8. The molecule has 1 aliphatic rings. The van der Waals surface area contributed by atoms with Crippen molar-refractivity contribution in [3.05, 3.63) is 102 Å². The van der Waals surface area contributed by atoms with Crippen LogP contribution in [0.25, 0.3) is 0 Å². The highest BCUT2D eigenvalue weighted by atomic mass is 32.2. The Kier molecular flexibility index (Phi) is 40.7. The van der Waals surface area contributed by atoms with E-state index in [9.17, 15) is 19.5 Å². The molecule has 2 N–H and O–H groups in total. The Morgan fingerprint density at radius 3 is 1.56 bits per heavy atom. The summed E-state index contributed by atoms with van der Waals surface area (Å²) in [6, 6.07) is 24.3. The van der Waals surface area contributed by atoms with Gasteiger partial charge in [-0.1, -0.05) is 249 Å². The van der Waals surface area contributed by atoms with Gasteiger partial charge >= 0.3 is 11.9 Å². The van der Waals surface area contributed by atoms with Gasteiger partial charge in [0.25, 0.3) is 0 Å². The van der Waals surface area contributed by atoms with Gasteiger partial charge in [-0.25, -0.2) is 0 Å². The minimum Gasteiger partial charge on any atom is -0.497 e. The predicted octanol–water partition coefficient (Wildman–Crippen LogP) is 18.7. The van der Waals surface area contributed by atoms with Gasteiger partial charge in [0, 0.05) is 24.2 Å². The molecule has 13 nitrogen and oxygen atoms in total. The number of hydrogen-bond donors (Lipinski definition) is 2. The number of unbranched alkanes of at least 4 members (excludes halogenated alkanes) is 25. The number of carbonyl (C=O) groups is 3. The van der Waals surface area contributed by atoms with Crippen LogP contribution in [0, 0.1) is 0 Å². The Labute approximate surface area is 550 Å². The molecule has 3 aromatic carbocycles. The molecule has 0 radical (unpaired) electrons. The monoisotopic (exact) mass is 1290 g/mol. The van der Waals surface area contributed by atoms with Crippen molar-refractivity contribution in [2.45, 2.75) is 312 Å². The van der Waals surface area contributed by atoms with Crippen molar-refractivity contribution in [1.29, 1.82) is 0 Å². The highest BCUT2D eigenvalue weighted by molar-refractivity contribution is 7.99. The van der Waals surface area contributed by atoms with Crippen LogP contribution < -0.4 is 14.8 Å². The number of rotatable bonds is 51. The van der Waals surface area contributed by atoms with E-state index in [0.717, 1.165) is 60.3 Å². The normalized spacial score (nSPS) is 17.7. The molecule has 1 aliphatic heterocycles. The van der Waals surface area contributed by atoms with Crippen LogP contribution in [0.1, 0.15) is 245 Å². The van der Waals surface area contributed by atoms with Gasteiger partial charge in [-0.2, -0.15) is 0 Å². The van der Waals surface area contributed by atoms with Crippen LogP contribution in [0.4, 0.5) is 0 Å². The molecule has 3 aromatic rings. The number of amides is 1. The average molecular weight is 1290 g/mol. The number of carbonyl (C=O) groups excluding carboxylic acids is 3. The average Bonchev–Trinajstić information content (AvgIpc) is 0.898. The predicted molar refractivity (Wildman–Crippen MR) is 370 cm³/mol. The maximum absolute atomic E-state index is 14.0. The number of methoxy groups -OCH3 is 2. The van der Waals surface area contributed by atoms with Gasteiger partial charge < -0.3 is 48.0 Å². The largest absolute Gasteiger partial charge is 0.497 e. The van der Waals surface area contributed by atoms with Gasteiger partial charge in [-0.15, -0.1) is 0 Å². The van der Waals surface area contributed by atoms with Crippen LogP contribution in [0.2, 0.25) is 18.1 Å². The third-order valence-electron chi connectivity index (χ3n) is 17.7. The smallest absolute Gasteiger partial charge is 0.306 e. The number of allylic oxidation sites excluding steroid dienone is 1. The molecule has 1 fully saturated rings. The minimum absolute atomic E-state index is 0.0479. The number of hydrogen-bond acceptors (Lipinski definition) is 13. The van der Waals surface area contributed by atoms with Gasteiger partial charge in [0.15, 0.2) is 8.32 Å². The summed E-state index contributed by atoms with van der Waals surface area (Å²) in [6.07, 6.45) is 33.3. The minimum atomic E-state index is -2.28. The number of ether oxygens (including phenoxy) is 7. The lowest BCUT2D eigenvalue weighted by Crippen LogP contribution is -2.59. The molecule has 1 amide bonds. The summed E-state index contributed by atoms with van der Waals surface area (Å²) in [5, 5.41) is 15.3. The molecular weight excluding hydrogens is 1170 g/mol. The molecule has 0 aliphatic carbocycles. The van der Waals surface area contributed by atoms with Gasteiger partial charge in [0.1, 0.15) is 54.1 Å². The summed E-state index contributed by atoms with van der Waals surface area (Å²) in [5.41, 5.74) is 1.08. The van der Waals surface area contributed by atoms with Crippen LogP contribution in [-0.4, -0.2) is 101 Å². The van der Waals surface area contributed by atoms with Crippen molar-refractivity contribution in [1.82, 2.24) is 5.32 Å². The molecule has 0 aromatic heterocycles. The first kappa shape index (κ1) is 78.2. The third kappa shape index (κ3) is 33.1. The summed E-state index contributed by atoms with van der Waals surface area (Å²) in [7, 11) is 0.953. The topological polar surface area (TPSA) is 157 Å².